The number of hydrogen-bond acceptors (Lipinski definition) is 1. The summed E-state index contributed by atoms with van der Waals surface area (Å²) in [6.45, 7) is 1.95. The Morgan fingerprint density at radius 1 is 1.33 bits per heavy atom. The minimum Gasteiger partial charge on any atom is -0.324 e. The SMILES string of the molecule is CCC[C@@H](N)c1cccc(C(F)(F)F)c1. The van der Waals surface area contributed by atoms with Gasteiger partial charge in [0, 0.05) is 6.04 Å². The second-order valence-electron chi connectivity index (χ2n) is 3.52. The van der Waals surface area contributed by atoms with Gasteiger partial charge in [0.05, 0.1) is 5.56 Å². The standard InChI is InChI=1S/C11H14F3N/c1-2-4-10(15)8-5-3-6-9(7-8)11(12,13)14/h3,5-7,10H,2,4,15H2,1H3/t10-/m1/s1. The van der Waals surface area contributed by atoms with Crippen LogP contribution in [0.25, 0.3) is 0 Å². The molecule has 1 nitrogen and oxygen atoms in total. The van der Waals surface area contributed by atoms with E-state index in [2.05, 4.69) is 0 Å². The summed E-state index contributed by atoms with van der Waals surface area (Å²) in [6, 6.07) is 4.91. The van der Waals surface area contributed by atoms with Crippen molar-refractivity contribution in [2.24, 2.45) is 5.73 Å². The fraction of sp³-hybridized carbons (Fsp3) is 0.455. The van der Waals surface area contributed by atoms with Crippen molar-refractivity contribution in [1.82, 2.24) is 0 Å². The van der Waals surface area contributed by atoms with E-state index in [0.717, 1.165) is 18.6 Å². The molecule has 0 aliphatic heterocycles. The van der Waals surface area contributed by atoms with E-state index in [1.54, 1.807) is 6.07 Å². The summed E-state index contributed by atoms with van der Waals surface area (Å²) in [7, 11) is 0. The van der Waals surface area contributed by atoms with Gasteiger partial charge in [-0.3, -0.25) is 0 Å². The molecule has 0 aliphatic rings. The third kappa shape index (κ3) is 3.23. The summed E-state index contributed by atoms with van der Waals surface area (Å²) in [5, 5.41) is 0. The van der Waals surface area contributed by atoms with Crippen LogP contribution in [0.1, 0.15) is 36.9 Å². The van der Waals surface area contributed by atoms with Crippen molar-refractivity contribution in [2.75, 3.05) is 0 Å². The van der Waals surface area contributed by atoms with Gasteiger partial charge in [-0.05, 0) is 24.1 Å². The monoisotopic (exact) mass is 217 g/mol. The van der Waals surface area contributed by atoms with Gasteiger partial charge < -0.3 is 5.73 Å². The average Bonchev–Trinajstić information content (AvgIpc) is 2.17. The van der Waals surface area contributed by atoms with E-state index in [0.29, 0.717) is 12.0 Å². The van der Waals surface area contributed by atoms with Crippen molar-refractivity contribution in [1.29, 1.82) is 0 Å². The molecule has 0 amide bonds. The molecule has 1 aromatic rings. The fourth-order valence-corrected chi connectivity index (χ4v) is 1.42. The molecule has 0 fully saturated rings. The summed E-state index contributed by atoms with van der Waals surface area (Å²) < 4.78 is 37.1. The largest absolute Gasteiger partial charge is 0.416 e. The van der Waals surface area contributed by atoms with Crippen molar-refractivity contribution >= 4 is 0 Å². The summed E-state index contributed by atoms with van der Waals surface area (Å²) in [5.41, 5.74) is 5.67. The smallest absolute Gasteiger partial charge is 0.324 e. The molecule has 0 aliphatic carbocycles. The highest BCUT2D eigenvalue weighted by Crippen LogP contribution is 2.30. The first-order valence-electron chi connectivity index (χ1n) is 4.88. The lowest BCUT2D eigenvalue weighted by molar-refractivity contribution is -0.137. The maximum absolute atomic E-state index is 12.4. The fourth-order valence-electron chi connectivity index (χ4n) is 1.42. The Bertz CT molecular complexity index is 320. The minimum atomic E-state index is -4.29. The predicted molar refractivity (Wildman–Crippen MR) is 53.3 cm³/mol. The first-order valence-corrected chi connectivity index (χ1v) is 4.88. The number of rotatable bonds is 3. The van der Waals surface area contributed by atoms with Gasteiger partial charge in [-0.25, -0.2) is 0 Å². The Balaban J connectivity index is 2.92. The van der Waals surface area contributed by atoms with Crippen LogP contribution in [-0.2, 0) is 6.18 Å². The van der Waals surface area contributed by atoms with E-state index in [9.17, 15) is 13.2 Å². The van der Waals surface area contributed by atoms with E-state index in [-0.39, 0.29) is 6.04 Å². The molecule has 0 unspecified atom stereocenters. The zero-order chi connectivity index (χ0) is 11.5. The quantitative estimate of drug-likeness (QED) is 0.823. The molecule has 2 N–H and O–H groups in total. The second-order valence-corrected chi connectivity index (χ2v) is 3.52. The van der Waals surface area contributed by atoms with E-state index in [1.807, 2.05) is 6.92 Å². The first kappa shape index (κ1) is 12.0. The molecular weight excluding hydrogens is 203 g/mol. The Labute approximate surface area is 87.1 Å². The molecule has 4 heteroatoms. The molecule has 1 atom stereocenters. The van der Waals surface area contributed by atoms with Gasteiger partial charge in [0.1, 0.15) is 0 Å². The van der Waals surface area contributed by atoms with Crippen molar-refractivity contribution in [2.45, 2.75) is 32.0 Å². The molecule has 0 spiro atoms. The molecule has 84 valence electrons. The van der Waals surface area contributed by atoms with Gasteiger partial charge in [0.2, 0.25) is 0 Å². The van der Waals surface area contributed by atoms with Crippen LogP contribution < -0.4 is 5.73 Å². The van der Waals surface area contributed by atoms with E-state index >= 15 is 0 Å². The van der Waals surface area contributed by atoms with Crippen LogP contribution >= 0.6 is 0 Å². The van der Waals surface area contributed by atoms with Gasteiger partial charge in [-0.1, -0.05) is 25.5 Å². The number of alkyl halides is 3. The van der Waals surface area contributed by atoms with Crippen molar-refractivity contribution in [3.8, 4) is 0 Å². The maximum atomic E-state index is 12.4. The molecule has 0 radical (unpaired) electrons. The molecule has 0 saturated heterocycles. The highest BCUT2D eigenvalue weighted by atomic mass is 19.4. The van der Waals surface area contributed by atoms with Gasteiger partial charge in [0.15, 0.2) is 0 Å². The van der Waals surface area contributed by atoms with Crippen LogP contribution in [0.4, 0.5) is 13.2 Å². The van der Waals surface area contributed by atoms with Crippen LogP contribution in [0.3, 0.4) is 0 Å². The molecular formula is C11H14F3N. The molecule has 1 rings (SSSR count). The third-order valence-electron chi connectivity index (χ3n) is 2.24. The van der Waals surface area contributed by atoms with Crippen LogP contribution in [-0.4, -0.2) is 0 Å². The van der Waals surface area contributed by atoms with Gasteiger partial charge in [0.25, 0.3) is 0 Å². The lowest BCUT2D eigenvalue weighted by atomic mass is 10.0. The van der Waals surface area contributed by atoms with Crippen molar-refractivity contribution < 1.29 is 13.2 Å². The highest BCUT2D eigenvalue weighted by Gasteiger charge is 2.30. The van der Waals surface area contributed by atoms with Gasteiger partial charge >= 0.3 is 6.18 Å². The zero-order valence-corrected chi connectivity index (χ0v) is 8.51. The lowest BCUT2D eigenvalue weighted by Gasteiger charge is -2.13. The maximum Gasteiger partial charge on any atom is 0.416 e. The number of hydrogen-bond donors (Lipinski definition) is 1. The Morgan fingerprint density at radius 2 is 2.00 bits per heavy atom. The van der Waals surface area contributed by atoms with E-state index in [4.69, 9.17) is 5.73 Å². The number of halogens is 3. The summed E-state index contributed by atoms with van der Waals surface area (Å²) in [5.74, 6) is 0. The predicted octanol–water partition coefficient (Wildman–Crippen LogP) is 3.51. The Hall–Kier alpha value is -1.03. The van der Waals surface area contributed by atoms with Gasteiger partial charge in [-0.2, -0.15) is 13.2 Å². The van der Waals surface area contributed by atoms with Crippen LogP contribution in [0, 0.1) is 0 Å². The summed E-state index contributed by atoms with van der Waals surface area (Å²) in [4.78, 5) is 0. The number of nitrogens with two attached hydrogens (primary N) is 1. The van der Waals surface area contributed by atoms with Crippen LogP contribution in [0.15, 0.2) is 24.3 Å². The Kier molecular flexibility index (Phi) is 3.74. The lowest BCUT2D eigenvalue weighted by Crippen LogP contribution is -2.12. The topological polar surface area (TPSA) is 26.0 Å². The van der Waals surface area contributed by atoms with Crippen molar-refractivity contribution in [3.63, 3.8) is 0 Å². The molecule has 0 saturated carbocycles. The normalized spacial score (nSPS) is 13.9. The van der Waals surface area contributed by atoms with Crippen molar-refractivity contribution in [3.05, 3.63) is 35.4 Å². The first-order chi connectivity index (χ1) is 6.95. The molecule has 0 bridgehead atoms. The number of benzene rings is 1. The molecule has 1 aromatic carbocycles. The summed E-state index contributed by atoms with van der Waals surface area (Å²) >= 11 is 0. The third-order valence-corrected chi connectivity index (χ3v) is 2.24. The van der Waals surface area contributed by atoms with Crippen LogP contribution in [0.2, 0.25) is 0 Å². The Morgan fingerprint density at radius 3 is 2.53 bits per heavy atom. The zero-order valence-electron chi connectivity index (χ0n) is 8.51. The van der Waals surface area contributed by atoms with E-state index < -0.39 is 11.7 Å². The van der Waals surface area contributed by atoms with E-state index in [1.165, 1.54) is 6.07 Å². The highest BCUT2D eigenvalue weighted by molar-refractivity contribution is 5.27. The van der Waals surface area contributed by atoms with Gasteiger partial charge in [-0.15, -0.1) is 0 Å². The molecule has 15 heavy (non-hydrogen) atoms. The molecule has 0 heterocycles. The summed E-state index contributed by atoms with van der Waals surface area (Å²) in [6.07, 6.45) is -2.74. The average molecular weight is 217 g/mol. The molecule has 0 aromatic heterocycles. The second kappa shape index (κ2) is 4.66. The minimum absolute atomic E-state index is 0.308. The van der Waals surface area contributed by atoms with Crippen LogP contribution in [0.5, 0.6) is 0 Å².